The van der Waals surface area contributed by atoms with Gasteiger partial charge in [0.05, 0.1) is 5.92 Å². The van der Waals surface area contributed by atoms with Crippen LogP contribution in [-0.2, 0) is 11.2 Å². The van der Waals surface area contributed by atoms with Gasteiger partial charge in [-0.25, -0.2) is 0 Å². The Kier molecular flexibility index (Phi) is 5.07. The Balaban J connectivity index is 2.72. The summed E-state index contributed by atoms with van der Waals surface area (Å²) in [4.78, 5) is 11.0. The molecule has 0 aromatic heterocycles. The number of terminal acetylenes is 1. The lowest BCUT2D eigenvalue weighted by atomic mass is 9.95. The van der Waals surface area contributed by atoms with Gasteiger partial charge in [0.1, 0.15) is 0 Å². The summed E-state index contributed by atoms with van der Waals surface area (Å²) in [7, 11) is 0. The molecule has 16 heavy (non-hydrogen) atoms. The van der Waals surface area contributed by atoms with Crippen LogP contribution >= 0.6 is 15.9 Å². The number of halogens is 1. The SMILES string of the molecule is C#CCCC(Cc1ccccc1Br)C(=O)O. The van der Waals surface area contributed by atoms with Crippen molar-refractivity contribution in [2.24, 2.45) is 5.92 Å². The third-order valence-corrected chi connectivity index (χ3v) is 3.18. The van der Waals surface area contributed by atoms with E-state index in [1.54, 1.807) is 0 Å². The highest BCUT2D eigenvalue weighted by atomic mass is 79.9. The number of hydrogen-bond acceptors (Lipinski definition) is 1. The molecule has 3 heteroatoms. The third-order valence-electron chi connectivity index (χ3n) is 2.41. The van der Waals surface area contributed by atoms with E-state index in [9.17, 15) is 4.79 Å². The molecule has 1 aromatic rings. The van der Waals surface area contributed by atoms with Crippen LogP contribution in [0.3, 0.4) is 0 Å². The van der Waals surface area contributed by atoms with E-state index in [1.807, 2.05) is 24.3 Å². The largest absolute Gasteiger partial charge is 0.481 e. The van der Waals surface area contributed by atoms with Crippen molar-refractivity contribution in [3.05, 3.63) is 34.3 Å². The Morgan fingerprint density at radius 2 is 2.19 bits per heavy atom. The normalized spacial score (nSPS) is 11.8. The first kappa shape index (κ1) is 12.8. The van der Waals surface area contributed by atoms with Gasteiger partial charge in [-0.2, -0.15) is 0 Å². The molecule has 0 saturated carbocycles. The van der Waals surface area contributed by atoms with Crippen LogP contribution in [0, 0.1) is 18.3 Å². The monoisotopic (exact) mass is 280 g/mol. The second-order valence-corrected chi connectivity index (χ2v) is 4.43. The highest BCUT2D eigenvalue weighted by Gasteiger charge is 2.18. The average molecular weight is 281 g/mol. The van der Waals surface area contributed by atoms with Crippen molar-refractivity contribution < 1.29 is 9.90 Å². The molecule has 1 unspecified atom stereocenters. The van der Waals surface area contributed by atoms with Crippen LogP contribution in [0.2, 0.25) is 0 Å². The van der Waals surface area contributed by atoms with Gasteiger partial charge < -0.3 is 5.11 Å². The Morgan fingerprint density at radius 1 is 1.50 bits per heavy atom. The molecule has 0 aliphatic heterocycles. The molecule has 1 rings (SSSR count). The smallest absolute Gasteiger partial charge is 0.306 e. The summed E-state index contributed by atoms with van der Waals surface area (Å²) < 4.78 is 0.946. The summed E-state index contributed by atoms with van der Waals surface area (Å²) in [5, 5.41) is 9.07. The minimum Gasteiger partial charge on any atom is -0.481 e. The van der Waals surface area contributed by atoms with E-state index in [-0.39, 0.29) is 0 Å². The molecule has 0 fully saturated rings. The number of carbonyl (C=O) groups is 1. The van der Waals surface area contributed by atoms with Crippen molar-refractivity contribution in [2.75, 3.05) is 0 Å². The predicted octanol–water partition coefficient (Wildman–Crippen LogP) is 3.11. The summed E-state index contributed by atoms with van der Waals surface area (Å²) in [5.74, 6) is 1.28. The van der Waals surface area contributed by atoms with E-state index >= 15 is 0 Å². The van der Waals surface area contributed by atoms with Crippen molar-refractivity contribution in [3.8, 4) is 12.3 Å². The zero-order valence-electron chi connectivity index (χ0n) is 8.82. The molecule has 0 spiro atoms. The van der Waals surface area contributed by atoms with Gasteiger partial charge in [-0.15, -0.1) is 12.3 Å². The highest BCUT2D eigenvalue weighted by molar-refractivity contribution is 9.10. The first-order chi connectivity index (χ1) is 7.65. The number of carboxylic acid groups (broad SMARTS) is 1. The van der Waals surface area contributed by atoms with E-state index in [1.165, 1.54) is 0 Å². The van der Waals surface area contributed by atoms with E-state index < -0.39 is 11.9 Å². The van der Waals surface area contributed by atoms with Gasteiger partial charge in [0.25, 0.3) is 0 Å². The van der Waals surface area contributed by atoms with E-state index in [2.05, 4.69) is 21.9 Å². The molecule has 1 aromatic carbocycles. The fourth-order valence-electron chi connectivity index (χ4n) is 1.50. The highest BCUT2D eigenvalue weighted by Crippen LogP contribution is 2.21. The maximum Gasteiger partial charge on any atom is 0.306 e. The van der Waals surface area contributed by atoms with Gasteiger partial charge in [0.2, 0.25) is 0 Å². The standard InChI is InChI=1S/C13H13BrO2/c1-2-3-6-11(13(15)16)9-10-7-4-5-8-12(10)14/h1,4-5,7-8,11H,3,6,9H2,(H,15,16). The molecular weight excluding hydrogens is 268 g/mol. The zero-order valence-corrected chi connectivity index (χ0v) is 10.4. The Labute approximate surface area is 104 Å². The van der Waals surface area contributed by atoms with Gasteiger partial charge in [-0.3, -0.25) is 4.79 Å². The van der Waals surface area contributed by atoms with Crippen LogP contribution in [0.25, 0.3) is 0 Å². The van der Waals surface area contributed by atoms with Gasteiger partial charge in [0.15, 0.2) is 0 Å². The summed E-state index contributed by atoms with van der Waals surface area (Å²) in [6.07, 6.45) is 6.68. The van der Waals surface area contributed by atoms with Crippen molar-refractivity contribution in [2.45, 2.75) is 19.3 Å². The Bertz CT molecular complexity index is 407. The maximum atomic E-state index is 11.0. The van der Waals surface area contributed by atoms with Crippen molar-refractivity contribution in [1.29, 1.82) is 0 Å². The summed E-state index contributed by atoms with van der Waals surface area (Å²) in [6.45, 7) is 0. The molecule has 0 aliphatic carbocycles. The molecule has 2 nitrogen and oxygen atoms in total. The van der Waals surface area contributed by atoms with Crippen molar-refractivity contribution in [3.63, 3.8) is 0 Å². The summed E-state index contributed by atoms with van der Waals surface area (Å²) >= 11 is 3.41. The number of carboxylic acids is 1. The fraction of sp³-hybridized carbons (Fsp3) is 0.308. The van der Waals surface area contributed by atoms with Crippen LogP contribution < -0.4 is 0 Å². The average Bonchev–Trinajstić information content (AvgIpc) is 2.26. The Hall–Kier alpha value is -1.27. The lowest BCUT2D eigenvalue weighted by Crippen LogP contribution is -2.16. The second kappa shape index (κ2) is 6.34. The lowest BCUT2D eigenvalue weighted by Gasteiger charge is -2.11. The first-order valence-corrected chi connectivity index (χ1v) is 5.84. The minimum absolute atomic E-state index is 0.408. The van der Waals surface area contributed by atoms with Crippen LogP contribution in [-0.4, -0.2) is 11.1 Å². The first-order valence-electron chi connectivity index (χ1n) is 5.05. The molecular formula is C13H13BrO2. The molecule has 0 amide bonds. The van der Waals surface area contributed by atoms with Crippen LogP contribution in [0.15, 0.2) is 28.7 Å². The van der Waals surface area contributed by atoms with Crippen molar-refractivity contribution in [1.82, 2.24) is 0 Å². The number of aliphatic carboxylic acids is 1. The number of benzene rings is 1. The van der Waals surface area contributed by atoms with Gasteiger partial charge in [-0.05, 0) is 24.5 Å². The van der Waals surface area contributed by atoms with Crippen LogP contribution in [0.5, 0.6) is 0 Å². The zero-order chi connectivity index (χ0) is 12.0. The number of hydrogen-bond donors (Lipinski definition) is 1. The van der Waals surface area contributed by atoms with E-state index in [4.69, 9.17) is 11.5 Å². The third kappa shape index (κ3) is 3.71. The van der Waals surface area contributed by atoms with Gasteiger partial charge in [0, 0.05) is 10.9 Å². The second-order valence-electron chi connectivity index (χ2n) is 3.57. The van der Waals surface area contributed by atoms with Crippen LogP contribution in [0.1, 0.15) is 18.4 Å². The van der Waals surface area contributed by atoms with E-state index in [0.717, 1.165) is 10.0 Å². The molecule has 0 bridgehead atoms. The maximum absolute atomic E-state index is 11.0. The van der Waals surface area contributed by atoms with Gasteiger partial charge in [-0.1, -0.05) is 34.1 Å². The fourth-order valence-corrected chi connectivity index (χ4v) is 1.95. The summed E-state index contributed by atoms with van der Waals surface area (Å²) in [6, 6.07) is 7.65. The van der Waals surface area contributed by atoms with E-state index in [0.29, 0.717) is 19.3 Å². The predicted molar refractivity (Wildman–Crippen MR) is 67.0 cm³/mol. The van der Waals surface area contributed by atoms with Crippen LogP contribution in [0.4, 0.5) is 0 Å². The number of rotatable bonds is 5. The molecule has 1 N–H and O–H groups in total. The Morgan fingerprint density at radius 3 is 2.75 bits per heavy atom. The molecule has 0 heterocycles. The van der Waals surface area contributed by atoms with Crippen molar-refractivity contribution >= 4 is 21.9 Å². The lowest BCUT2D eigenvalue weighted by molar-refractivity contribution is -0.141. The quantitative estimate of drug-likeness (QED) is 0.842. The topological polar surface area (TPSA) is 37.3 Å². The molecule has 0 radical (unpaired) electrons. The molecule has 84 valence electrons. The van der Waals surface area contributed by atoms with Gasteiger partial charge >= 0.3 is 5.97 Å². The summed E-state index contributed by atoms with van der Waals surface area (Å²) in [5.41, 5.74) is 1.01. The minimum atomic E-state index is -0.786. The molecule has 1 atom stereocenters. The molecule has 0 aliphatic rings. The molecule has 0 saturated heterocycles.